The molecule has 0 radical (unpaired) electrons. The first-order chi connectivity index (χ1) is 12.6. The molecule has 0 aliphatic heterocycles. The highest BCUT2D eigenvalue weighted by Gasteiger charge is 2.10. The molecule has 1 N–H and O–H groups in total. The molecule has 0 atom stereocenters. The van der Waals surface area contributed by atoms with E-state index in [1.165, 1.54) is 0 Å². The van der Waals surface area contributed by atoms with Crippen molar-refractivity contribution >= 4 is 23.4 Å². The second-order valence-electron chi connectivity index (χ2n) is 5.62. The average molecular weight is 349 g/mol. The fourth-order valence-electron chi connectivity index (χ4n) is 2.56. The van der Waals surface area contributed by atoms with Crippen molar-refractivity contribution in [2.45, 2.75) is 13.8 Å². The zero-order valence-corrected chi connectivity index (χ0v) is 15.3. The van der Waals surface area contributed by atoms with Crippen LogP contribution in [0.1, 0.15) is 19.4 Å². The predicted octanol–water partition coefficient (Wildman–Crippen LogP) is 4.09. The van der Waals surface area contributed by atoms with Crippen LogP contribution in [0.4, 0.5) is 11.4 Å². The van der Waals surface area contributed by atoms with Gasteiger partial charge in [0.2, 0.25) is 0 Å². The lowest BCUT2D eigenvalue weighted by atomic mass is 10.1. The molecule has 2 aromatic carbocycles. The van der Waals surface area contributed by atoms with Crippen LogP contribution >= 0.6 is 0 Å². The fourth-order valence-corrected chi connectivity index (χ4v) is 2.56. The first-order valence-electron chi connectivity index (χ1n) is 8.53. The summed E-state index contributed by atoms with van der Waals surface area (Å²) in [7, 11) is 1.58. The lowest BCUT2D eigenvalue weighted by Crippen LogP contribution is -2.21. The molecule has 0 saturated carbocycles. The van der Waals surface area contributed by atoms with Gasteiger partial charge in [-0.3, -0.25) is 4.79 Å². The zero-order chi connectivity index (χ0) is 18.9. The maximum absolute atomic E-state index is 12.3. The van der Waals surface area contributed by atoms with E-state index in [1.54, 1.807) is 37.5 Å². The summed E-state index contributed by atoms with van der Waals surface area (Å²) in [6.07, 6.45) is 1.59. The maximum Gasteiger partial charge on any atom is 0.266 e. The summed E-state index contributed by atoms with van der Waals surface area (Å²) in [6, 6.07) is 16.7. The highest BCUT2D eigenvalue weighted by atomic mass is 16.5. The van der Waals surface area contributed by atoms with Gasteiger partial charge >= 0.3 is 0 Å². The van der Waals surface area contributed by atoms with Crippen LogP contribution in [0.25, 0.3) is 6.08 Å². The number of anilines is 2. The Labute approximate surface area is 154 Å². The van der Waals surface area contributed by atoms with Crippen molar-refractivity contribution in [1.82, 2.24) is 0 Å². The lowest BCUT2D eigenvalue weighted by Gasteiger charge is -2.20. The van der Waals surface area contributed by atoms with Gasteiger partial charge in [-0.2, -0.15) is 5.26 Å². The molecule has 2 rings (SSSR count). The highest BCUT2D eigenvalue weighted by molar-refractivity contribution is 6.09. The van der Waals surface area contributed by atoms with Crippen molar-refractivity contribution in [2.24, 2.45) is 0 Å². The number of nitrogens with zero attached hydrogens (tertiary/aromatic N) is 2. The number of hydrogen-bond acceptors (Lipinski definition) is 4. The molecule has 0 aliphatic rings. The molecule has 0 heterocycles. The topological polar surface area (TPSA) is 65.4 Å². The van der Waals surface area contributed by atoms with Gasteiger partial charge in [-0.05, 0) is 61.9 Å². The van der Waals surface area contributed by atoms with Crippen LogP contribution in [-0.2, 0) is 4.79 Å². The van der Waals surface area contributed by atoms with Gasteiger partial charge in [0, 0.05) is 24.5 Å². The Morgan fingerprint density at radius 2 is 1.73 bits per heavy atom. The molecule has 1 amide bonds. The Morgan fingerprint density at radius 3 is 2.23 bits per heavy atom. The van der Waals surface area contributed by atoms with Crippen molar-refractivity contribution < 1.29 is 9.53 Å². The Kier molecular flexibility index (Phi) is 6.81. The van der Waals surface area contributed by atoms with Gasteiger partial charge < -0.3 is 15.0 Å². The van der Waals surface area contributed by atoms with Crippen LogP contribution < -0.4 is 15.0 Å². The van der Waals surface area contributed by atoms with Crippen LogP contribution in [0.2, 0.25) is 0 Å². The van der Waals surface area contributed by atoms with Crippen molar-refractivity contribution in [3.05, 3.63) is 59.7 Å². The molecule has 0 spiro atoms. The number of carbonyl (C=O) groups is 1. The molecular weight excluding hydrogens is 326 g/mol. The van der Waals surface area contributed by atoms with Gasteiger partial charge in [0.25, 0.3) is 5.91 Å². The van der Waals surface area contributed by atoms with Crippen LogP contribution in [0, 0.1) is 11.3 Å². The molecule has 26 heavy (non-hydrogen) atoms. The molecule has 0 bridgehead atoms. The van der Waals surface area contributed by atoms with Gasteiger partial charge in [-0.15, -0.1) is 0 Å². The summed E-state index contributed by atoms with van der Waals surface area (Å²) < 4.78 is 5.08. The van der Waals surface area contributed by atoms with Crippen molar-refractivity contribution in [2.75, 3.05) is 30.4 Å². The Bertz CT molecular complexity index is 799. The molecular formula is C21H23N3O2. The third-order valence-corrected chi connectivity index (χ3v) is 4.05. The number of nitriles is 1. The van der Waals surface area contributed by atoms with Gasteiger partial charge in [0.1, 0.15) is 17.4 Å². The monoisotopic (exact) mass is 349 g/mol. The van der Waals surface area contributed by atoms with E-state index in [0.717, 1.165) is 24.3 Å². The Morgan fingerprint density at radius 1 is 1.12 bits per heavy atom. The first kappa shape index (κ1) is 19.1. The van der Waals surface area contributed by atoms with Crippen LogP contribution in [-0.4, -0.2) is 26.1 Å². The highest BCUT2D eigenvalue weighted by Crippen LogP contribution is 2.18. The largest absolute Gasteiger partial charge is 0.497 e. The minimum Gasteiger partial charge on any atom is -0.497 e. The van der Waals surface area contributed by atoms with Gasteiger partial charge in [-0.25, -0.2) is 0 Å². The maximum atomic E-state index is 12.3. The van der Waals surface area contributed by atoms with E-state index in [0.29, 0.717) is 11.4 Å². The molecule has 5 heteroatoms. The number of rotatable bonds is 7. The quantitative estimate of drug-likeness (QED) is 0.604. The number of ether oxygens (including phenoxy) is 1. The van der Waals surface area contributed by atoms with Crippen molar-refractivity contribution in [3.63, 3.8) is 0 Å². The third-order valence-electron chi connectivity index (χ3n) is 4.05. The predicted molar refractivity (Wildman–Crippen MR) is 105 cm³/mol. The number of benzene rings is 2. The van der Waals surface area contributed by atoms with E-state index in [9.17, 15) is 10.1 Å². The van der Waals surface area contributed by atoms with E-state index in [1.807, 2.05) is 30.3 Å². The van der Waals surface area contributed by atoms with Crippen LogP contribution in [0.3, 0.4) is 0 Å². The van der Waals surface area contributed by atoms with Gasteiger partial charge in [0.15, 0.2) is 0 Å². The van der Waals surface area contributed by atoms with Crippen molar-refractivity contribution in [3.8, 4) is 11.8 Å². The summed E-state index contributed by atoms with van der Waals surface area (Å²) in [5.41, 5.74) is 2.58. The average Bonchev–Trinajstić information content (AvgIpc) is 2.68. The zero-order valence-electron chi connectivity index (χ0n) is 15.3. The number of nitrogens with one attached hydrogen (secondary N) is 1. The van der Waals surface area contributed by atoms with Gasteiger partial charge in [-0.1, -0.05) is 12.1 Å². The number of hydrogen-bond donors (Lipinski definition) is 1. The van der Waals surface area contributed by atoms with Crippen LogP contribution in [0.15, 0.2) is 54.1 Å². The molecule has 0 aliphatic carbocycles. The summed E-state index contributed by atoms with van der Waals surface area (Å²) >= 11 is 0. The van der Waals surface area contributed by atoms with Gasteiger partial charge in [0.05, 0.1) is 7.11 Å². The molecule has 134 valence electrons. The molecule has 0 saturated heterocycles. The third kappa shape index (κ3) is 4.87. The van der Waals surface area contributed by atoms with E-state index in [2.05, 4.69) is 24.1 Å². The summed E-state index contributed by atoms with van der Waals surface area (Å²) in [5, 5.41) is 12.0. The van der Waals surface area contributed by atoms with E-state index in [-0.39, 0.29) is 5.57 Å². The molecule has 2 aromatic rings. The normalized spacial score (nSPS) is 10.8. The SMILES string of the molecule is CCN(CC)c1ccc(/C=C(/C#N)C(=O)Nc2ccc(OC)cc2)cc1. The number of carbonyl (C=O) groups excluding carboxylic acids is 1. The molecule has 0 aromatic heterocycles. The molecule has 0 unspecified atom stereocenters. The molecule has 5 nitrogen and oxygen atoms in total. The minimum atomic E-state index is -0.439. The summed E-state index contributed by atoms with van der Waals surface area (Å²) in [6.45, 7) is 6.07. The van der Waals surface area contributed by atoms with Crippen molar-refractivity contribution in [1.29, 1.82) is 5.26 Å². The summed E-state index contributed by atoms with van der Waals surface area (Å²) in [4.78, 5) is 14.6. The second-order valence-corrected chi connectivity index (χ2v) is 5.62. The standard InChI is InChI=1S/C21H23N3O2/c1-4-24(5-2)19-10-6-16(7-11-19)14-17(15-22)21(25)23-18-8-12-20(26-3)13-9-18/h6-14H,4-5H2,1-3H3,(H,23,25)/b17-14-. The van der Waals surface area contributed by atoms with Crippen LogP contribution in [0.5, 0.6) is 5.75 Å². The molecule has 0 fully saturated rings. The lowest BCUT2D eigenvalue weighted by molar-refractivity contribution is -0.112. The number of methoxy groups -OCH3 is 1. The Balaban J connectivity index is 2.13. The van der Waals surface area contributed by atoms with E-state index in [4.69, 9.17) is 4.74 Å². The fraction of sp³-hybridized carbons (Fsp3) is 0.238. The van der Waals surface area contributed by atoms with E-state index >= 15 is 0 Å². The smallest absolute Gasteiger partial charge is 0.266 e. The number of amides is 1. The first-order valence-corrected chi connectivity index (χ1v) is 8.53. The van der Waals surface area contributed by atoms with E-state index < -0.39 is 5.91 Å². The Hall–Kier alpha value is -3.26. The minimum absolute atomic E-state index is 0.0522. The summed E-state index contributed by atoms with van der Waals surface area (Å²) in [5.74, 6) is 0.262. The second kappa shape index (κ2) is 9.28.